The average molecular weight is 448 g/mol. The smallest absolute Gasteiger partial charge is 0.235 e. The van der Waals surface area contributed by atoms with Crippen molar-refractivity contribution in [3.05, 3.63) is 57.1 Å². The van der Waals surface area contributed by atoms with Crippen molar-refractivity contribution in [3.63, 3.8) is 0 Å². The summed E-state index contributed by atoms with van der Waals surface area (Å²) in [6.07, 6.45) is 5.82. The van der Waals surface area contributed by atoms with Gasteiger partial charge in [-0.3, -0.25) is 4.79 Å². The van der Waals surface area contributed by atoms with Crippen LogP contribution in [0.1, 0.15) is 69.1 Å². The standard InChI is InChI=1S/C25H31Cl2NO2/c1-5-18(4)30-23-16(2)13-20(14-17(23)3)28-24(29)25(11-7-6-8-12-25)21-10-9-19(26)15-22(21)27/h9-10,13-15,18H,5-8,11-12H2,1-4H3,(H,28,29). The number of amides is 1. The van der Waals surface area contributed by atoms with Crippen molar-refractivity contribution in [2.24, 2.45) is 0 Å². The molecule has 0 bridgehead atoms. The molecule has 1 amide bonds. The molecule has 1 aliphatic rings. The van der Waals surface area contributed by atoms with Gasteiger partial charge in [-0.1, -0.05) is 55.5 Å². The summed E-state index contributed by atoms with van der Waals surface area (Å²) in [5, 5.41) is 4.32. The molecule has 30 heavy (non-hydrogen) atoms. The van der Waals surface area contributed by atoms with Crippen LogP contribution in [-0.4, -0.2) is 12.0 Å². The summed E-state index contributed by atoms with van der Waals surface area (Å²) >= 11 is 12.7. The third kappa shape index (κ3) is 4.78. The third-order valence-electron chi connectivity index (χ3n) is 6.20. The van der Waals surface area contributed by atoms with Gasteiger partial charge in [0.05, 0.1) is 11.5 Å². The van der Waals surface area contributed by atoms with Crippen molar-refractivity contribution in [2.45, 2.75) is 77.7 Å². The van der Waals surface area contributed by atoms with Gasteiger partial charge in [0.25, 0.3) is 0 Å². The van der Waals surface area contributed by atoms with E-state index in [0.29, 0.717) is 10.0 Å². The van der Waals surface area contributed by atoms with Crippen LogP contribution >= 0.6 is 23.2 Å². The van der Waals surface area contributed by atoms with Crippen LogP contribution in [0.4, 0.5) is 5.69 Å². The number of halogens is 2. The molecule has 1 saturated carbocycles. The molecule has 0 heterocycles. The number of carbonyl (C=O) groups excluding carboxylic acids is 1. The topological polar surface area (TPSA) is 38.3 Å². The number of ether oxygens (including phenoxy) is 1. The Morgan fingerprint density at radius 1 is 1.10 bits per heavy atom. The minimum atomic E-state index is -0.631. The Kier molecular flexibility index (Phi) is 7.36. The number of anilines is 1. The lowest BCUT2D eigenvalue weighted by Gasteiger charge is -2.37. The fourth-order valence-corrected chi connectivity index (χ4v) is 4.98. The summed E-state index contributed by atoms with van der Waals surface area (Å²) in [4.78, 5) is 13.6. The molecular formula is C25H31Cl2NO2. The molecule has 0 aromatic heterocycles. The highest BCUT2D eigenvalue weighted by Crippen LogP contribution is 2.44. The molecule has 3 rings (SSSR count). The first kappa shape index (κ1) is 23.0. The molecule has 3 nitrogen and oxygen atoms in total. The summed E-state index contributed by atoms with van der Waals surface area (Å²) < 4.78 is 6.07. The molecule has 162 valence electrons. The number of hydrogen-bond donors (Lipinski definition) is 1. The van der Waals surface area contributed by atoms with E-state index in [-0.39, 0.29) is 12.0 Å². The van der Waals surface area contributed by atoms with Gasteiger partial charge in [0.1, 0.15) is 5.75 Å². The lowest BCUT2D eigenvalue weighted by molar-refractivity contribution is -0.122. The maximum absolute atomic E-state index is 13.6. The summed E-state index contributed by atoms with van der Waals surface area (Å²) in [7, 11) is 0. The summed E-state index contributed by atoms with van der Waals surface area (Å²) in [5.41, 5.74) is 3.08. The highest BCUT2D eigenvalue weighted by molar-refractivity contribution is 6.35. The van der Waals surface area contributed by atoms with E-state index >= 15 is 0 Å². The van der Waals surface area contributed by atoms with Gasteiger partial charge in [0.2, 0.25) is 5.91 Å². The molecule has 1 atom stereocenters. The Labute approximate surface area is 190 Å². The normalized spacial score (nSPS) is 16.7. The van der Waals surface area contributed by atoms with Gasteiger partial charge < -0.3 is 10.1 Å². The molecule has 1 unspecified atom stereocenters. The zero-order valence-electron chi connectivity index (χ0n) is 18.3. The minimum absolute atomic E-state index is 0.000757. The SMILES string of the molecule is CCC(C)Oc1c(C)cc(NC(=O)C2(c3ccc(Cl)cc3Cl)CCCCC2)cc1C. The predicted molar refractivity (Wildman–Crippen MR) is 126 cm³/mol. The minimum Gasteiger partial charge on any atom is -0.490 e. The van der Waals surface area contributed by atoms with E-state index < -0.39 is 5.41 Å². The van der Waals surface area contributed by atoms with Crippen molar-refractivity contribution in [1.29, 1.82) is 0 Å². The molecule has 5 heteroatoms. The average Bonchev–Trinajstić information content (AvgIpc) is 2.71. The molecule has 0 saturated heterocycles. The lowest BCUT2D eigenvalue weighted by Crippen LogP contribution is -2.42. The summed E-state index contributed by atoms with van der Waals surface area (Å²) in [6.45, 7) is 8.21. The number of nitrogens with one attached hydrogen (secondary N) is 1. The van der Waals surface area contributed by atoms with Crippen molar-refractivity contribution in [2.75, 3.05) is 5.32 Å². The zero-order chi connectivity index (χ0) is 21.9. The molecule has 1 aliphatic carbocycles. The van der Waals surface area contributed by atoms with Crippen molar-refractivity contribution in [1.82, 2.24) is 0 Å². The highest BCUT2D eigenvalue weighted by atomic mass is 35.5. The van der Waals surface area contributed by atoms with E-state index in [1.54, 1.807) is 6.07 Å². The van der Waals surface area contributed by atoms with Crippen LogP contribution in [0.5, 0.6) is 5.75 Å². The summed E-state index contributed by atoms with van der Waals surface area (Å²) in [5.74, 6) is 0.899. The second-order valence-corrected chi connectivity index (χ2v) is 9.34. The van der Waals surface area contributed by atoms with Crippen molar-refractivity contribution < 1.29 is 9.53 Å². The maximum atomic E-state index is 13.6. The first-order valence-electron chi connectivity index (χ1n) is 10.8. The van der Waals surface area contributed by atoms with E-state index in [2.05, 4.69) is 19.2 Å². The number of benzene rings is 2. The van der Waals surface area contributed by atoms with E-state index in [4.69, 9.17) is 27.9 Å². The van der Waals surface area contributed by atoms with Gasteiger partial charge in [-0.25, -0.2) is 0 Å². The van der Waals surface area contributed by atoms with Gasteiger partial charge >= 0.3 is 0 Å². The molecule has 1 N–H and O–H groups in total. The maximum Gasteiger partial charge on any atom is 0.235 e. The first-order valence-corrected chi connectivity index (χ1v) is 11.6. The van der Waals surface area contributed by atoms with Crippen LogP contribution in [0.2, 0.25) is 10.0 Å². The van der Waals surface area contributed by atoms with E-state index in [9.17, 15) is 4.79 Å². The Morgan fingerprint density at radius 3 is 2.30 bits per heavy atom. The third-order valence-corrected chi connectivity index (χ3v) is 6.75. The second-order valence-electron chi connectivity index (χ2n) is 8.50. The molecule has 2 aromatic rings. The van der Waals surface area contributed by atoms with Gasteiger partial charge in [0.15, 0.2) is 0 Å². The van der Waals surface area contributed by atoms with Crippen LogP contribution in [0.25, 0.3) is 0 Å². The molecule has 1 fully saturated rings. The zero-order valence-corrected chi connectivity index (χ0v) is 19.8. The largest absolute Gasteiger partial charge is 0.490 e. The van der Waals surface area contributed by atoms with Gasteiger partial charge in [-0.05, 0) is 81.0 Å². The highest BCUT2D eigenvalue weighted by Gasteiger charge is 2.42. The molecule has 0 spiro atoms. The Hall–Kier alpha value is -1.71. The predicted octanol–water partition coefficient (Wildman–Crippen LogP) is 7.63. The molecule has 2 aromatic carbocycles. The van der Waals surface area contributed by atoms with Gasteiger partial charge in [-0.15, -0.1) is 0 Å². The van der Waals surface area contributed by atoms with E-state index in [1.807, 2.05) is 38.1 Å². The summed E-state index contributed by atoms with van der Waals surface area (Å²) in [6, 6.07) is 9.44. The number of rotatable bonds is 6. The number of carbonyl (C=O) groups is 1. The molecule has 0 radical (unpaired) electrons. The lowest BCUT2D eigenvalue weighted by atomic mass is 9.68. The Balaban J connectivity index is 1.92. The van der Waals surface area contributed by atoms with Gasteiger partial charge in [-0.2, -0.15) is 0 Å². The van der Waals surface area contributed by atoms with Gasteiger partial charge in [0, 0.05) is 15.7 Å². The fraction of sp³-hybridized carbons (Fsp3) is 0.480. The Bertz CT molecular complexity index is 896. The van der Waals surface area contributed by atoms with E-state index in [1.165, 1.54) is 0 Å². The Morgan fingerprint density at radius 2 is 1.73 bits per heavy atom. The van der Waals surface area contributed by atoms with Crippen LogP contribution in [0, 0.1) is 13.8 Å². The second kappa shape index (κ2) is 9.62. The number of aryl methyl sites for hydroxylation is 2. The van der Waals surface area contributed by atoms with Crippen LogP contribution < -0.4 is 10.1 Å². The molecular weight excluding hydrogens is 417 g/mol. The van der Waals surface area contributed by atoms with Crippen molar-refractivity contribution >= 4 is 34.8 Å². The molecule has 0 aliphatic heterocycles. The number of hydrogen-bond acceptors (Lipinski definition) is 2. The van der Waals surface area contributed by atoms with E-state index in [0.717, 1.165) is 66.7 Å². The van der Waals surface area contributed by atoms with Crippen molar-refractivity contribution in [3.8, 4) is 5.75 Å². The van der Waals surface area contributed by atoms with Crippen LogP contribution in [0.15, 0.2) is 30.3 Å². The first-order chi connectivity index (χ1) is 14.3. The van der Waals surface area contributed by atoms with Crippen LogP contribution in [0.3, 0.4) is 0 Å². The fourth-order valence-electron chi connectivity index (χ4n) is 4.40. The quantitative estimate of drug-likeness (QED) is 0.493. The monoisotopic (exact) mass is 447 g/mol. The van der Waals surface area contributed by atoms with Crippen LogP contribution in [-0.2, 0) is 10.2 Å².